The van der Waals surface area contributed by atoms with E-state index in [0.717, 1.165) is 18.2 Å². The van der Waals surface area contributed by atoms with Crippen LogP contribution in [0.15, 0.2) is 47.4 Å². The van der Waals surface area contributed by atoms with Crippen LogP contribution in [-0.4, -0.2) is 15.5 Å². The minimum atomic E-state index is -4.22. The van der Waals surface area contributed by atoms with Gasteiger partial charge < -0.3 is 8.92 Å². The summed E-state index contributed by atoms with van der Waals surface area (Å²) in [6.45, 7) is 0. The molecule has 0 aliphatic rings. The summed E-state index contributed by atoms with van der Waals surface area (Å²) in [5, 5.41) is -0.116. The van der Waals surface area contributed by atoms with E-state index in [0.29, 0.717) is 5.75 Å². The second kappa shape index (κ2) is 5.68. The number of benzene rings is 2. The first-order valence-corrected chi connectivity index (χ1v) is 7.24. The Morgan fingerprint density at radius 1 is 1.10 bits per heavy atom. The van der Waals surface area contributed by atoms with Crippen LogP contribution in [-0.2, 0) is 10.1 Å². The Morgan fingerprint density at radius 2 is 1.80 bits per heavy atom. The van der Waals surface area contributed by atoms with Gasteiger partial charge in [-0.1, -0.05) is 17.7 Å². The highest BCUT2D eigenvalue weighted by Gasteiger charge is 2.21. The normalized spacial score (nSPS) is 11.2. The molecule has 0 fully saturated rings. The Morgan fingerprint density at radius 3 is 2.50 bits per heavy atom. The van der Waals surface area contributed by atoms with Gasteiger partial charge >= 0.3 is 10.1 Å². The van der Waals surface area contributed by atoms with Crippen molar-refractivity contribution in [3.8, 4) is 11.5 Å². The second-order valence-corrected chi connectivity index (χ2v) is 5.71. The Bertz CT molecular complexity index is 731. The summed E-state index contributed by atoms with van der Waals surface area (Å²) in [6, 6.07) is 9.05. The monoisotopic (exact) mass is 316 g/mol. The van der Waals surface area contributed by atoms with Gasteiger partial charge in [-0.2, -0.15) is 8.42 Å². The summed E-state index contributed by atoms with van der Waals surface area (Å²) in [5.74, 6) is -0.241. The van der Waals surface area contributed by atoms with E-state index in [-0.39, 0.29) is 10.8 Å². The summed E-state index contributed by atoms with van der Waals surface area (Å²) in [5.41, 5.74) is 0. The average molecular weight is 317 g/mol. The first-order chi connectivity index (χ1) is 9.42. The predicted molar refractivity (Wildman–Crippen MR) is 72.2 cm³/mol. The molecular weight excluding hydrogens is 307 g/mol. The van der Waals surface area contributed by atoms with Crippen LogP contribution in [0.5, 0.6) is 11.5 Å². The third-order valence-corrected chi connectivity index (χ3v) is 4.14. The van der Waals surface area contributed by atoms with Crippen LogP contribution >= 0.6 is 11.6 Å². The van der Waals surface area contributed by atoms with Crippen molar-refractivity contribution < 1.29 is 21.7 Å². The van der Waals surface area contributed by atoms with E-state index < -0.39 is 20.8 Å². The van der Waals surface area contributed by atoms with Gasteiger partial charge in [0.15, 0.2) is 0 Å². The predicted octanol–water partition coefficient (Wildman–Crippen LogP) is 3.26. The molecule has 0 aromatic heterocycles. The van der Waals surface area contributed by atoms with Crippen molar-refractivity contribution in [3.63, 3.8) is 0 Å². The van der Waals surface area contributed by atoms with E-state index in [1.165, 1.54) is 19.2 Å². The summed E-state index contributed by atoms with van der Waals surface area (Å²) in [4.78, 5) is -0.429. The number of hydrogen-bond acceptors (Lipinski definition) is 4. The summed E-state index contributed by atoms with van der Waals surface area (Å²) in [6.07, 6.45) is 0. The molecule has 0 N–H and O–H groups in total. The summed E-state index contributed by atoms with van der Waals surface area (Å²) < 4.78 is 47.1. The lowest BCUT2D eigenvalue weighted by atomic mass is 10.3. The van der Waals surface area contributed by atoms with Crippen molar-refractivity contribution in [1.82, 2.24) is 0 Å². The van der Waals surface area contributed by atoms with Gasteiger partial charge in [0.2, 0.25) is 0 Å². The fourth-order valence-electron chi connectivity index (χ4n) is 1.49. The highest BCUT2D eigenvalue weighted by molar-refractivity contribution is 7.87. The van der Waals surface area contributed by atoms with Crippen LogP contribution in [0.3, 0.4) is 0 Å². The molecule has 2 aromatic carbocycles. The van der Waals surface area contributed by atoms with Crippen molar-refractivity contribution in [2.45, 2.75) is 4.90 Å². The molecular formula is C13H10ClFO4S. The van der Waals surface area contributed by atoms with E-state index in [2.05, 4.69) is 0 Å². The fraction of sp³-hybridized carbons (Fsp3) is 0.0769. The van der Waals surface area contributed by atoms with Crippen LogP contribution in [0, 0.1) is 5.82 Å². The van der Waals surface area contributed by atoms with Gasteiger partial charge in [0.25, 0.3) is 0 Å². The molecule has 4 nitrogen and oxygen atoms in total. The van der Waals surface area contributed by atoms with Gasteiger partial charge in [0.05, 0.1) is 12.1 Å². The molecule has 2 aromatic rings. The first-order valence-electron chi connectivity index (χ1n) is 5.46. The zero-order valence-electron chi connectivity index (χ0n) is 10.3. The second-order valence-electron chi connectivity index (χ2n) is 3.79. The third kappa shape index (κ3) is 3.20. The van der Waals surface area contributed by atoms with Gasteiger partial charge in [-0.15, -0.1) is 0 Å². The minimum absolute atomic E-state index is 0.0460. The number of hydrogen-bond donors (Lipinski definition) is 0. The molecule has 0 radical (unpaired) electrons. The van der Waals surface area contributed by atoms with Crippen molar-refractivity contribution in [3.05, 3.63) is 53.3 Å². The van der Waals surface area contributed by atoms with Crippen LogP contribution in [0.4, 0.5) is 4.39 Å². The Labute approximate surface area is 120 Å². The lowest BCUT2D eigenvalue weighted by Gasteiger charge is -2.09. The Hall–Kier alpha value is -1.79. The molecule has 0 saturated heterocycles. The van der Waals surface area contributed by atoms with Gasteiger partial charge in [0.1, 0.15) is 22.2 Å². The van der Waals surface area contributed by atoms with Gasteiger partial charge in [-0.3, -0.25) is 0 Å². The largest absolute Gasteiger partial charge is 0.497 e. The minimum Gasteiger partial charge on any atom is -0.497 e. The van der Waals surface area contributed by atoms with E-state index in [4.69, 9.17) is 20.5 Å². The molecule has 0 atom stereocenters. The molecule has 7 heteroatoms. The Balaban J connectivity index is 2.38. The van der Waals surface area contributed by atoms with Crippen LogP contribution in [0.1, 0.15) is 0 Å². The molecule has 0 amide bonds. The molecule has 0 saturated carbocycles. The molecule has 0 unspecified atom stereocenters. The number of rotatable bonds is 4. The van der Waals surface area contributed by atoms with E-state index in [1.54, 1.807) is 12.1 Å². The molecule has 0 aliphatic heterocycles. The molecule has 0 heterocycles. The molecule has 0 aliphatic carbocycles. The maximum atomic E-state index is 13.1. The van der Waals surface area contributed by atoms with Crippen molar-refractivity contribution in [1.29, 1.82) is 0 Å². The van der Waals surface area contributed by atoms with Gasteiger partial charge in [-0.25, -0.2) is 4.39 Å². The van der Waals surface area contributed by atoms with Gasteiger partial charge in [0, 0.05) is 6.07 Å². The highest BCUT2D eigenvalue weighted by atomic mass is 35.5. The molecule has 20 heavy (non-hydrogen) atoms. The molecule has 2 rings (SSSR count). The maximum Gasteiger partial charge on any atom is 0.340 e. The highest BCUT2D eigenvalue weighted by Crippen LogP contribution is 2.27. The van der Waals surface area contributed by atoms with Crippen LogP contribution in [0.2, 0.25) is 5.02 Å². The fourth-order valence-corrected chi connectivity index (χ4v) is 2.91. The standard InChI is InChI=1S/C13H10ClFO4S/c1-18-10-3-2-4-11(8-10)19-20(16,17)13-7-9(15)5-6-12(13)14/h2-8H,1H3. The van der Waals surface area contributed by atoms with E-state index in [9.17, 15) is 12.8 Å². The zero-order valence-corrected chi connectivity index (χ0v) is 11.9. The first kappa shape index (κ1) is 14.6. The summed E-state index contributed by atoms with van der Waals surface area (Å²) >= 11 is 5.75. The summed E-state index contributed by atoms with van der Waals surface area (Å²) in [7, 11) is -2.78. The SMILES string of the molecule is COc1cccc(OS(=O)(=O)c2cc(F)ccc2Cl)c1. The number of halogens is 2. The molecule has 106 valence electrons. The molecule has 0 spiro atoms. The lowest BCUT2D eigenvalue weighted by Crippen LogP contribution is -2.10. The van der Waals surface area contributed by atoms with Crippen molar-refractivity contribution in [2.75, 3.05) is 7.11 Å². The number of methoxy groups -OCH3 is 1. The third-order valence-electron chi connectivity index (χ3n) is 2.41. The average Bonchev–Trinajstić information content (AvgIpc) is 2.41. The van der Waals surface area contributed by atoms with Crippen LogP contribution in [0.25, 0.3) is 0 Å². The van der Waals surface area contributed by atoms with Crippen molar-refractivity contribution in [2.24, 2.45) is 0 Å². The smallest absolute Gasteiger partial charge is 0.340 e. The molecule has 0 bridgehead atoms. The van der Waals surface area contributed by atoms with E-state index >= 15 is 0 Å². The van der Waals surface area contributed by atoms with Crippen LogP contribution < -0.4 is 8.92 Å². The quantitative estimate of drug-likeness (QED) is 0.812. The Kier molecular flexibility index (Phi) is 4.15. The maximum absolute atomic E-state index is 13.1. The van der Waals surface area contributed by atoms with E-state index in [1.807, 2.05) is 0 Å². The zero-order chi connectivity index (χ0) is 14.8. The topological polar surface area (TPSA) is 52.6 Å². The number of ether oxygens (including phenoxy) is 1. The van der Waals surface area contributed by atoms with Gasteiger partial charge in [-0.05, 0) is 30.3 Å². The van der Waals surface area contributed by atoms with Crippen molar-refractivity contribution >= 4 is 21.7 Å². The lowest BCUT2D eigenvalue weighted by molar-refractivity contribution is 0.411.